The quantitative estimate of drug-likeness (QED) is 0.815. The van der Waals surface area contributed by atoms with E-state index in [2.05, 4.69) is 35.1 Å². The third-order valence-electron chi connectivity index (χ3n) is 2.63. The first-order valence-corrected chi connectivity index (χ1v) is 5.19. The highest BCUT2D eigenvalue weighted by atomic mass is 15.0. The molecule has 0 spiro atoms. The Hall–Kier alpha value is -2.03. The molecule has 0 aliphatic heterocycles. The summed E-state index contributed by atoms with van der Waals surface area (Å²) in [5.41, 5.74) is 2.99. The number of pyridine rings is 1. The van der Waals surface area contributed by atoms with Gasteiger partial charge in [-0.15, -0.1) is 0 Å². The molecule has 2 rings (SSSR count). The first-order chi connectivity index (χ1) is 7.81. The van der Waals surface area contributed by atoms with Gasteiger partial charge < -0.3 is 9.88 Å². The molecule has 0 atom stereocenters. The zero-order valence-electron chi connectivity index (χ0n) is 9.57. The number of fused-ring (bicyclic) bond motifs is 1. The maximum absolute atomic E-state index is 4.29. The van der Waals surface area contributed by atoms with E-state index in [1.54, 1.807) is 13.2 Å². The van der Waals surface area contributed by atoms with E-state index in [9.17, 15) is 0 Å². The minimum Gasteiger partial charge on any atom is -0.385 e. The second-order valence-corrected chi connectivity index (χ2v) is 3.47. The van der Waals surface area contributed by atoms with Crippen molar-refractivity contribution >= 4 is 22.8 Å². The standard InChI is InChI=1S/C13H15N3/c1-4-16-12-8-6-5-7-10(12)9-11(14-2)13(16)15-3/h4-9,14H,1H2,2-3H3. The lowest BCUT2D eigenvalue weighted by Gasteiger charge is -2.11. The lowest BCUT2D eigenvalue weighted by atomic mass is 10.2. The van der Waals surface area contributed by atoms with Crippen LogP contribution in [0, 0.1) is 0 Å². The van der Waals surface area contributed by atoms with Crippen LogP contribution in [0.25, 0.3) is 17.1 Å². The largest absolute Gasteiger partial charge is 0.385 e. The van der Waals surface area contributed by atoms with Crippen LogP contribution in [-0.4, -0.2) is 18.7 Å². The topological polar surface area (TPSA) is 29.3 Å². The summed E-state index contributed by atoms with van der Waals surface area (Å²) in [6.07, 6.45) is 1.78. The first-order valence-electron chi connectivity index (χ1n) is 5.19. The fourth-order valence-corrected chi connectivity index (χ4v) is 1.89. The van der Waals surface area contributed by atoms with Gasteiger partial charge in [-0.05, 0) is 12.1 Å². The average molecular weight is 213 g/mol. The second kappa shape index (κ2) is 4.23. The Morgan fingerprint density at radius 3 is 2.75 bits per heavy atom. The Morgan fingerprint density at radius 1 is 1.38 bits per heavy atom. The smallest absolute Gasteiger partial charge is 0.155 e. The molecular weight excluding hydrogens is 198 g/mol. The maximum atomic E-state index is 4.29. The van der Waals surface area contributed by atoms with Crippen molar-refractivity contribution in [2.24, 2.45) is 4.99 Å². The van der Waals surface area contributed by atoms with Crippen molar-refractivity contribution in [3.63, 3.8) is 0 Å². The number of nitrogens with zero attached hydrogens (tertiary/aromatic N) is 2. The van der Waals surface area contributed by atoms with Crippen LogP contribution in [0.5, 0.6) is 0 Å². The number of nitrogens with one attached hydrogen (secondary N) is 1. The number of aromatic nitrogens is 1. The molecule has 3 nitrogen and oxygen atoms in total. The molecule has 0 fully saturated rings. The van der Waals surface area contributed by atoms with Crippen molar-refractivity contribution in [2.45, 2.75) is 0 Å². The van der Waals surface area contributed by atoms with Crippen molar-refractivity contribution in [1.29, 1.82) is 0 Å². The predicted molar refractivity (Wildman–Crippen MR) is 69.4 cm³/mol. The molecule has 0 unspecified atom stereocenters. The molecule has 1 aromatic carbocycles. The normalized spacial score (nSPS) is 11.8. The second-order valence-electron chi connectivity index (χ2n) is 3.47. The van der Waals surface area contributed by atoms with E-state index in [-0.39, 0.29) is 0 Å². The van der Waals surface area contributed by atoms with E-state index in [0.717, 1.165) is 16.7 Å². The van der Waals surface area contributed by atoms with Crippen LogP contribution in [0.2, 0.25) is 0 Å². The van der Waals surface area contributed by atoms with Crippen LogP contribution in [0.15, 0.2) is 41.9 Å². The Bertz CT molecular complexity index is 594. The lowest BCUT2D eigenvalue weighted by molar-refractivity contribution is 1.04. The Labute approximate surface area is 94.8 Å². The number of hydrogen-bond acceptors (Lipinski definition) is 2. The van der Waals surface area contributed by atoms with Crippen molar-refractivity contribution in [1.82, 2.24) is 4.57 Å². The Balaban J connectivity index is 3.00. The molecule has 0 saturated heterocycles. The molecule has 0 aliphatic rings. The van der Waals surface area contributed by atoms with Crippen LogP contribution in [0.4, 0.5) is 5.69 Å². The van der Waals surface area contributed by atoms with Gasteiger partial charge in [0.25, 0.3) is 0 Å². The summed E-state index contributed by atoms with van der Waals surface area (Å²) in [7, 11) is 3.68. The van der Waals surface area contributed by atoms with Crippen molar-refractivity contribution in [3.05, 3.63) is 42.4 Å². The van der Waals surface area contributed by atoms with Crippen LogP contribution >= 0.6 is 0 Å². The Kier molecular flexibility index (Phi) is 2.77. The molecule has 0 saturated carbocycles. The molecule has 0 amide bonds. The molecular formula is C13H15N3. The van der Waals surface area contributed by atoms with E-state index in [1.807, 2.05) is 23.7 Å². The molecule has 0 radical (unpaired) electrons. The third-order valence-corrected chi connectivity index (χ3v) is 2.63. The number of anilines is 1. The van der Waals surface area contributed by atoms with Crippen LogP contribution in [0.3, 0.4) is 0 Å². The molecule has 0 aliphatic carbocycles. The zero-order chi connectivity index (χ0) is 11.5. The number of para-hydroxylation sites is 1. The fraction of sp³-hybridized carbons (Fsp3) is 0.154. The van der Waals surface area contributed by atoms with Gasteiger partial charge in [0.2, 0.25) is 0 Å². The highest BCUT2D eigenvalue weighted by Gasteiger charge is 2.03. The molecule has 16 heavy (non-hydrogen) atoms. The van der Waals surface area contributed by atoms with Crippen molar-refractivity contribution in [3.8, 4) is 0 Å². The van der Waals surface area contributed by atoms with E-state index in [4.69, 9.17) is 0 Å². The summed E-state index contributed by atoms with van der Waals surface area (Å²) in [6, 6.07) is 10.3. The number of rotatable bonds is 2. The van der Waals surface area contributed by atoms with Gasteiger partial charge in [0.05, 0.1) is 11.2 Å². The summed E-state index contributed by atoms with van der Waals surface area (Å²) >= 11 is 0. The molecule has 3 heteroatoms. The monoisotopic (exact) mass is 213 g/mol. The summed E-state index contributed by atoms with van der Waals surface area (Å²) in [6.45, 7) is 3.84. The SMILES string of the molecule is C=Cn1c(=NC)c(NC)cc2ccccc21. The van der Waals surface area contributed by atoms with E-state index in [1.165, 1.54) is 5.39 Å². The average Bonchev–Trinajstić information content (AvgIpc) is 2.36. The van der Waals surface area contributed by atoms with Gasteiger partial charge in [-0.2, -0.15) is 0 Å². The Morgan fingerprint density at radius 2 is 2.12 bits per heavy atom. The van der Waals surface area contributed by atoms with Gasteiger partial charge in [0, 0.05) is 25.7 Å². The molecule has 1 heterocycles. The van der Waals surface area contributed by atoms with Gasteiger partial charge in [-0.1, -0.05) is 24.8 Å². The summed E-state index contributed by atoms with van der Waals surface area (Å²) < 4.78 is 1.99. The maximum Gasteiger partial charge on any atom is 0.155 e. The fourth-order valence-electron chi connectivity index (χ4n) is 1.89. The van der Waals surface area contributed by atoms with E-state index >= 15 is 0 Å². The minimum atomic E-state index is 0.885. The van der Waals surface area contributed by atoms with E-state index < -0.39 is 0 Å². The number of hydrogen-bond donors (Lipinski definition) is 1. The van der Waals surface area contributed by atoms with Gasteiger partial charge >= 0.3 is 0 Å². The third kappa shape index (κ3) is 1.50. The van der Waals surface area contributed by atoms with Crippen molar-refractivity contribution in [2.75, 3.05) is 19.4 Å². The van der Waals surface area contributed by atoms with E-state index in [0.29, 0.717) is 0 Å². The molecule has 0 bridgehead atoms. The van der Waals surface area contributed by atoms with Crippen LogP contribution in [-0.2, 0) is 0 Å². The van der Waals surface area contributed by atoms with Crippen molar-refractivity contribution < 1.29 is 0 Å². The summed E-state index contributed by atoms with van der Waals surface area (Å²) in [5, 5.41) is 4.32. The zero-order valence-corrected chi connectivity index (χ0v) is 9.57. The molecule has 1 aromatic heterocycles. The predicted octanol–water partition coefficient (Wildman–Crippen LogP) is 2.31. The van der Waals surface area contributed by atoms with Gasteiger partial charge in [0.1, 0.15) is 0 Å². The summed E-state index contributed by atoms with van der Waals surface area (Å²) in [5.74, 6) is 0. The van der Waals surface area contributed by atoms with Gasteiger partial charge in [-0.3, -0.25) is 4.99 Å². The highest BCUT2D eigenvalue weighted by molar-refractivity contribution is 5.83. The number of benzene rings is 1. The van der Waals surface area contributed by atoms with Crippen LogP contribution in [0.1, 0.15) is 0 Å². The minimum absolute atomic E-state index is 0.885. The van der Waals surface area contributed by atoms with Gasteiger partial charge in [-0.25, -0.2) is 0 Å². The first kappa shape index (κ1) is 10.5. The van der Waals surface area contributed by atoms with Crippen LogP contribution < -0.4 is 10.8 Å². The summed E-state index contributed by atoms with van der Waals surface area (Å²) in [4.78, 5) is 4.29. The molecule has 82 valence electrons. The highest BCUT2D eigenvalue weighted by Crippen LogP contribution is 2.15. The lowest BCUT2D eigenvalue weighted by Crippen LogP contribution is -2.20. The molecule has 1 N–H and O–H groups in total. The molecule has 2 aromatic rings. The van der Waals surface area contributed by atoms with Gasteiger partial charge in [0.15, 0.2) is 5.49 Å².